The van der Waals surface area contributed by atoms with Crippen molar-refractivity contribution in [2.75, 3.05) is 12.3 Å². The highest BCUT2D eigenvalue weighted by atomic mass is 31.2. The highest BCUT2D eigenvalue weighted by Crippen LogP contribution is 2.39. The molecule has 3 N–H and O–H groups in total. The Morgan fingerprint density at radius 2 is 1.60 bits per heavy atom. The van der Waals surface area contributed by atoms with Crippen molar-refractivity contribution in [3.8, 4) is 0 Å². The molecule has 116 valence electrons. The summed E-state index contributed by atoms with van der Waals surface area (Å²) in [5.74, 6) is -6.14. The fourth-order valence-electron chi connectivity index (χ4n) is 1.47. The molecule has 0 aromatic rings. The molecule has 0 heterocycles. The van der Waals surface area contributed by atoms with E-state index in [0.717, 1.165) is 0 Å². The van der Waals surface area contributed by atoms with Crippen molar-refractivity contribution in [2.45, 2.75) is 25.3 Å². The lowest BCUT2D eigenvalue weighted by atomic mass is 10.1. The molecular weight excluding hydrogens is 293 g/mol. The zero-order chi connectivity index (χ0) is 15.9. The van der Waals surface area contributed by atoms with Gasteiger partial charge in [0.15, 0.2) is 0 Å². The maximum atomic E-state index is 11.6. The predicted octanol–water partition coefficient (Wildman–Crippen LogP) is -5.73. The van der Waals surface area contributed by atoms with Gasteiger partial charge in [-0.1, -0.05) is 0 Å². The van der Waals surface area contributed by atoms with E-state index in [0.29, 0.717) is 0 Å². The van der Waals surface area contributed by atoms with Gasteiger partial charge in [0.05, 0.1) is 5.97 Å². The zero-order valence-corrected chi connectivity index (χ0v) is 11.5. The quantitative estimate of drug-likeness (QED) is 0.386. The number of aliphatic carboxylic acids is 3. The van der Waals surface area contributed by atoms with Gasteiger partial charge in [0.25, 0.3) is 0 Å². The largest absolute Gasteiger partial charge is 0.799 e. The molecule has 10 heteroatoms. The van der Waals surface area contributed by atoms with E-state index in [1.807, 2.05) is 0 Å². The minimum absolute atomic E-state index is 0.302. The first-order valence-corrected chi connectivity index (χ1v) is 7.78. The first-order chi connectivity index (χ1) is 9.05. The summed E-state index contributed by atoms with van der Waals surface area (Å²) in [6.45, 7) is 0. The summed E-state index contributed by atoms with van der Waals surface area (Å²) >= 11 is 0. The van der Waals surface area contributed by atoms with Crippen LogP contribution in [0.5, 0.6) is 0 Å². The molecule has 1 unspecified atom stereocenters. The number of quaternary nitrogens is 1. The Labute approximate surface area is 114 Å². The van der Waals surface area contributed by atoms with Crippen LogP contribution in [-0.2, 0) is 18.9 Å². The summed E-state index contributed by atoms with van der Waals surface area (Å²) in [6.07, 6.45) is -2.67. The summed E-state index contributed by atoms with van der Waals surface area (Å²) in [4.78, 5) is 43.0. The Kier molecular flexibility index (Phi) is 7.41. The minimum Gasteiger partial charge on any atom is -0.799 e. The third-order valence-electron chi connectivity index (χ3n) is 2.68. The van der Waals surface area contributed by atoms with Crippen molar-refractivity contribution >= 4 is 25.3 Å². The van der Waals surface area contributed by atoms with Crippen LogP contribution in [0.15, 0.2) is 0 Å². The second-order valence-corrected chi connectivity index (χ2v) is 6.89. The maximum Gasteiger partial charge on any atom is 0.125 e. The predicted molar refractivity (Wildman–Crippen MR) is 56.4 cm³/mol. The molecule has 0 aliphatic carbocycles. The van der Waals surface area contributed by atoms with Gasteiger partial charge in [0.1, 0.15) is 6.04 Å². The van der Waals surface area contributed by atoms with Gasteiger partial charge in [-0.3, -0.25) is 0 Å². The van der Waals surface area contributed by atoms with Gasteiger partial charge in [-0.05, 0) is 25.2 Å². The lowest BCUT2D eigenvalue weighted by Crippen LogP contribution is -2.68. The molecule has 0 radical (unpaired) electrons. The number of carbonyl (C=O) groups excluding carboxylic acids is 3. The number of hydrogen-bond donors (Lipinski definition) is 1. The summed E-state index contributed by atoms with van der Waals surface area (Å²) < 4.78 is 11.6. The average Bonchev–Trinajstić information content (AvgIpc) is 2.30. The van der Waals surface area contributed by atoms with Gasteiger partial charge in [0.2, 0.25) is 0 Å². The lowest BCUT2D eigenvalue weighted by molar-refractivity contribution is -0.437. The highest BCUT2D eigenvalue weighted by molar-refractivity contribution is 7.56. The Morgan fingerprint density at radius 1 is 1.05 bits per heavy atom. The highest BCUT2D eigenvalue weighted by Gasteiger charge is 2.20. The average molecular weight is 308 g/mol. The molecule has 0 saturated heterocycles. The number of hydrogen-bond acceptors (Lipinski definition) is 8. The summed E-state index contributed by atoms with van der Waals surface area (Å²) in [5, 5.41) is 31.3. The normalized spacial score (nSPS) is 16.9. The maximum absolute atomic E-state index is 11.6. The Hall–Kier alpha value is -1.44. The van der Waals surface area contributed by atoms with E-state index in [-0.39, 0.29) is 6.42 Å². The van der Waals surface area contributed by atoms with Crippen molar-refractivity contribution in [3.63, 3.8) is 0 Å². The molecule has 0 amide bonds. The van der Waals surface area contributed by atoms with Crippen LogP contribution >= 0.6 is 7.37 Å². The van der Waals surface area contributed by atoms with Crippen LogP contribution in [-0.4, -0.2) is 36.3 Å². The summed E-state index contributed by atoms with van der Waals surface area (Å²) in [7, 11) is -4.17. The van der Waals surface area contributed by atoms with Crippen molar-refractivity contribution in [3.05, 3.63) is 0 Å². The molecule has 0 aliphatic rings. The Balaban J connectivity index is 4.51. The molecule has 0 spiro atoms. The van der Waals surface area contributed by atoms with Crippen molar-refractivity contribution in [2.24, 2.45) is 5.92 Å². The van der Waals surface area contributed by atoms with E-state index in [4.69, 9.17) is 0 Å². The molecule has 9 nitrogen and oxygen atoms in total. The second kappa shape index (κ2) is 7.98. The van der Waals surface area contributed by atoms with Crippen molar-refractivity contribution < 1.29 is 44.9 Å². The second-order valence-electron chi connectivity index (χ2n) is 4.45. The Morgan fingerprint density at radius 3 is 2.00 bits per heavy atom. The van der Waals surface area contributed by atoms with Gasteiger partial charge >= 0.3 is 0 Å². The van der Waals surface area contributed by atoms with Crippen LogP contribution in [0.4, 0.5) is 0 Å². The van der Waals surface area contributed by atoms with E-state index >= 15 is 0 Å². The van der Waals surface area contributed by atoms with Crippen LogP contribution in [0.3, 0.4) is 0 Å². The number of carboxylic acid groups (broad SMARTS) is 3. The Bertz CT molecular complexity index is 423. The summed E-state index contributed by atoms with van der Waals surface area (Å²) in [5.41, 5.74) is 3.18. The molecule has 0 saturated carbocycles. The first-order valence-electron chi connectivity index (χ1n) is 5.79. The minimum atomic E-state index is -4.17. The van der Waals surface area contributed by atoms with E-state index in [2.05, 4.69) is 5.73 Å². The van der Waals surface area contributed by atoms with Crippen molar-refractivity contribution in [1.82, 2.24) is 0 Å². The van der Waals surface area contributed by atoms with Crippen LogP contribution < -0.4 is 25.9 Å². The van der Waals surface area contributed by atoms with Crippen LogP contribution in [0.2, 0.25) is 0 Å². The summed E-state index contributed by atoms with van der Waals surface area (Å²) in [6, 6.07) is -1.22. The molecule has 0 aromatic heterocycles. The SMILES string of the molecule is [NH3+][C@@H](CCP(=O)([O-])C[C@@H](CCC(=O)[O-])C(=O)[O-])C(=O)[O-]. The van der Waals surface area contributed by atoms with Crippen LogP contribution in [0.1, 0.15) is 19.3 Å². The molecule has 0 aromatic carbocycles. The van der Waals surface area contributed by atoms with Crippen LogP contribution in [0.25, 0.3) is 0 Å². The topological polar surface area (TPSA) is 188 Å². The van der Waals surface area contributed by atoms with Crippen LogP contribution in [0, 0.1) is 5.92 Å². The molecule has 0 bridgehead atoms. The fraction of sp³-hybridized carbons (Fsp3) is 0.700. The molecule has 3 atom stereocenters. The van der Waals surface area contributed by atoms with Gasteiger partial charge in [-0.15, -0.1) is 0 Å². The number of carbonyl (C=O) groups is 3. The van der Waals surface area contributed by atoms with E-state index in [9.17, 15) is 39.2 Å². The third kappa shape index (κ3) is 7.88. The van der Waals surface area contributed by atoms with E-state index in [1.54, 1.807) is 0 Å². The van der Waals surface area contributed by atoms with Gasteiger partial charge in [0, 0.05) is 31.6 Å². The van der Waals surface area contributed by atoms with E-state index < -0.39 is 62.4 Å². The third-order valence-corrected chi connectivity index (χ3v) is 4.62. The molecule has 0 rings (SSSR count). The van der Waals surface area contributed by atoms with Gasteiger partial charge in [-0.25, -0.2) is 0 Å². The fourth-order valence-corrected chi connectivity index (χ4v) is 3.36. The van der Waals surface area contributed by atoms with Gasteiger partial charge < -0.3 is 44.9 Å². The lowest BCUT2D eigenvalue weighted by Gasteiger charge is -2.29. The smallest absolute Gasteiger partial charge is 0.125 e. The molecule has 20 heavy (non-hydrogen) atoms. The number of rotatable bonds is 10. The molecular formula is C10H15NO8P-3. The van der Waals surface area contributed by atoms with Gasteiger partial charge in [-0.2, -0.15) is 0 Å². The monoisotopic (exact) mass is 308 g/mol. The standard InChI is InChI=1S/C10H18NO8P/c11-7(10(16)17)3-4-20(18,19)5-6(9(14)15)1-2-8(12)13/h6-7H,1-5,11H2,(H,12,13)(H,14,15)(H,16,17)(H,18,19)/p-3/t6-,7+/m1/s1. The molecule has 0 aliphatic heterocycles. The zero-order valence-electron chi connectivity index (χ0n) is 10.6. The first kappa shape index (κ1) is 18.6. The van der Waals surface area contributed by atoms with Crippen molar-refractivity contribution in [1.29, 1.82) is 0 Å². The number of carboxylic acids is 3. The van der Waals surface area contributed by atoms with E-state index in [1.165, 1.54) is 0 Å². The molecule has 0 fully saturated rings.